The van der Waals surface area contributed by atoms with E-state index in [9.17, 15) is 8.42 Å². The maximum absolute atomic E-state index is 11.3. The van der Waals surface area contributed by atoms with Crippen molar-refractivity contribution < 1.29 is 8.42 Å². The Bertz CT molecular complexity index is 516. The zero-order valence-electron chi connectivity index (χ0n) is 11.6. The highest BCUT2D eigenvalue weighted by Crippen LogP contribution is 2.30. The van der Waals surface area contributed by atoms with E-state index in [0.717, 1.165) is 25.9 Å². The van der Waals surface area contributed by atoms with E-state index in [1.807, 2.05) is 18.2 Å². The van der Waals surface area contributed by atoms with Gasteiger partial charge in [0.2, 0.25) is 10.0 Å². The quantitative estimate of drug-likeness (QED) is 0.892. The molecule has 19 heavy (non-hydrogen) atoms. The zero-order valence-corrected chi connectivity index (χ0v) is 12.4. The number of rotatable bonds is 5. The van der Waals surface area contributed by atoms with Crippen molar-refractivity contribution >= 4 is 10.0 Å². The molecule has 1 heterocycles. The highest BCUT2D eigenvalue weighted by molar-refractivity contribution is 7.88. The zero-order chi connectivity index (χ0) is 13.9. The molecule has 1 aromatic carbocycles. The first-order valence-corrected chi connectivity index (χ1v) is 8.52. The molecule has 0 radical (unpaired) electrons. The Morgan fingerprint density at radius 3 is 2.63 bits per heavy atom. The second kappa shape index (κ2) is 5.61. The Balaban J connectivity index is 2.03. The Morgan fingerprint density at radius 2 is 2.00 bits per heavy atom. The average Bonchev–Trinajstić information content (AvgIpc) is 2.70. The van der Waals surface area contributed by atoms with Gasteiger partial charge in [-0.1, -0.05) is 30.3 Å². The van der Waals surface area contributed by atoms with E-state index >= 15 is 0 Å². The van der Waals surface area contributed by atoms with Gasteiger partial charge in [0.15, 0.2) is 0 Å². The molecule has 0 saturated carbocycles. The summed E-state index contributed by atoms with van der Waals surface area (Å²) in [5.74, 6) is 0. The van der Waals surface area contributed by atoms with Crippen LogP contribution in [0, 0.1) is 0 Å². The van der Waals surface area contributed by atoms with Crippen LogP contribution in [-0.4, -0.2) is 38.2 Å². The van der Waals surface area contributed by atoms with Crippen molar-refractivity contribution in [2.75, 3.05) is 19.3 Å². The molecule has 4 nitrogen and oxygen atoms in total. The van der Waals surface area contributed by atoms with Gasteiger partial charge in [0, 0.05) is 18.6 Å². The molecule has 0 aromatic heterocycles. The molecule has 0 bridgehead atoms. The van der Waals surface area contributed by atoms with Crippen LogP contribution in [0.25, 0.3) is 0 Å². The van der Waals surface area contributed by atoms with E-state index in [1.54, 1.807) is 0 Å². The van der Waals surface area contributed by atoms with E-state index in [4.69, 9.17) is 0 Å². The summed E-state index contributed by atoms with van der Waals surface area (Å²) in [6.45, 7) is 4.53. The van der Waals surface area contributed by atoms with Gasteiger partial charge < -0.3 is 0 Å². The lowest BCUT2D eigenvalue weighted by Gasteiger charge is -2.35. The fourth-order valence-corrected chi connectivity index (χ4v) is 3.21. The molecule has 106 valence electrons. The average molecular weight is 282 g/mol. The largest absolute Gasteiger partial charge is 0.292 e. The smallest absolute Gasteiger partial charge is 0.208 e. The van der Waals surface area contributed by atoms with Gasteiger partial charge in [0.1, 0.15) is 0 Å². The minimum absolute atomic E-state index is 0.0844. The van der Waals surface area contributed by atoms with E-state index in [1.165, 1.54) is 11.8 Å². The van der Waals surface area contributed by atoms with E-state index in [0.29, 0.717) is 6.54 Å². The maximum Gasteiger partial charge on any atom is 0.208 e. The van der Waals surface area contributed by atoms with E-state index in [-0.39, 0.29) is 5.54 Å². The van der Waals surface area contributed by atoms with Crippen LogP contribution in [0.3, 0.4) is 0 Å². The molecule has 1 aromatic rings. The van der Waals surface area contributed by atoms with Gasteiger partial charge in [0.05, 0.1) is 6.26 Å². The van der Waals surface area contributed by atoms with Gasteiger partial charge in [0.25, 0.3) is 0 Å². The number of sulfonamides is 1. The summed E-state index contributed by atoms with van der Waals surface area (Å²) in [4.78, 5) is 2.38. The summed E-state index contributed by atoms with van der Waals surface area (Å²) in [6, 6.07) is 10.3. The summed E-state index contributed by atoms with van der Waals surface area (Å²) < 4.78 is 25.2. The van der Waals surface area contributed by atoms with Crippen molar-refractivity contribution in [2.45, 2.75) is 31.8 Å². The lowest BCUT2D eigenvalue weighted by atomic mass is 9.99. The summed E-state index contributed by atoms with van der Waals surface area (Å²) >= 11 is 0. The molecular weight excluding hydrogens is 260 g/mol. The van der Waals surface area contributed by atoms with Crippen molar-refractivity contribution in [1.82, 2.24) is 9.62 Å². The second-order valence-corrected chi connectivity index (χ2v) is 7.43. The highest BCUT2D eigenvalue weighted by atomic mass is 32.2. The third kappa shape index (κ3) is 4.03. The Labute approximate surface area is 115 Å². The van der Waals surface area contributed by atoms with Gasteiger partial charge in [-0.25, -0.2) is 13.1 Å². The summed E-state index contributed by atoms with van der Waals surface area (Å²) in [7, 11) is -3.12. The van der Waals surface area contributed by atoms with Gasteiger partial charge in [-0.05, 0) is 31.9 Å². The molecule has 1 aliphatic rings. The maximum atomic E-state index is 11.3. The first-order valence-electron chi connectivity index (χ1n) is 6.63. The fraction of sp³-hybridized carbons (Fsp3) is 0.571. The Morgan fingerprint density at radius 1 is 1.32 bits per heavy atom. The van der Waals surface area contributed by atoms with Gasteiger partial charge in [-0.3, -0.25) is 4.90 Å². The molecule has 5 heteroatoms. The van der Waals surface area contributed by atoms with Crippen molar-refractivity contribution in [1.29, 1.82) is 0 Å². The number of likely N-dealkylation sites (tertiary alicyclic amines) is 1. The Hall–Kier alpha value is -0.910. The van der Waals surface area contributed by atoms with Crippen molar-refractivity contribution in [3.63, 3.8) is 0 Å². The Kier molecular flexibility index (Phi) is 4.28. The van der Waals surface area contributed by atoms with Crippen LogP contribution in [0.4, 0.5) is 0 Å². The van der Waals surface area contributed by atoms with Crippen molar-refractivity contribution in [2.24, 2.45) is 0 Å². The molecule has 1 aliphatic heterocycles. The third-order valence-corrected chi connectivity index (χ3v) is 4.51. The standard InChI is InChI=1S/C14H22N2O2S/c1-14(12-15-19(2,17)18)9-6-10-16(14)11-13-7-4-3-5-8-13/h3-5,7-8,15H,6,9-12H2,1-2H3. The lowest BCUT2D eigenvalue weighted by molar-refractivity contribution is 0.151. The van der Waals surface area contributed by atoms with Crippen LogP contribution < -0.4 is 4.72 Å². The van der Waals surface area contributed by atoms with Crippen LogP contribution in [0.2, 0.25) is 0 Å². The summed E-state index contributed by atoms with van der Waals surface area (Å²) in [5.41, 5.74) is 1.19. The number of nitrogens with zero attached hydrogens (tertiary/aromatic N) is 1. The number of hydrogen-bond donors (Lipinski definition) is 1. The molecule has 1 atom stereocenters. The predicted molar refractivity (Wildman–Crippen MR) is 77.3 cm³/mol. The van der Waals surface area contributed by atoms with Gasteiger partial charge in [-0.2, -0.15) is 0 Å². The van der Waals surface area contributed by atoms with Crippen LogP contribution in [-0.2, 0) is 16.6 Å². The van der Waals surface area contributed by atoms with Crippen LogP contribution in [0.15, 0.2) is 30.3 Å². The SMILES string of the molecule is CC1(CNS(C)(=O)=O)CCCN1Cc1ccccc1. The molecule has 0 amide bonds. The van der Waals surface area contributed by atoms with Crippen LogP contribution >= 0.6 is 0 Å². The molecular formula is C14H22N2O2S. The number of nitrogens with one attached hydrogen (secondary N) is 1. The van der Waals surface area contributed by atoms with Gasteiger partial charge >= 0.3 is 0 Å². The van der Waals surface area contributed by atoms with E-state index < -0.39 is 10.0 Å². The van der Waals surface area contributed by atoms with Gasteiger partial charge in [-0.15, -0.1) is 0 Å². The van der Waals surface area contributed by atoms with E-state index in [2.05, 4.69) is 28.7 Å². The molecule has 1 N–H and O–H groups in total. The summed E-state index contributed by atoms with van der Waals surface area (Å²) in [5, 5.41) is 0. The topological polar surface area (TPSA) is 49.4 Å². The highest BCUT2D eigenvalue weighted by Gasteiger charge is 2.36. The molecule has 1 unspecified atom stereocenters. The number of benzene rings is 1. The molecule has 1 fully saturated rings. The third-order valence-electron chi connectivity index (χ3n) is 3.84. The lowest BCUT2D eigenvalue weighted by Crippen LogP contribution is -2.49. The predicted octanol–water partition coefficient (Wildman–Crippen LogP) is 1.59. The first-order chi connectivity index (χ1) is 8.89. The van der Waals surface area contributed by atoms with Crippen LogP contribution in [0.1, 0.15) is 25.3 Å². The monoisotopic (exact) mass is 282 g/mol. The van der Waals surface area contributed by atoms with Crippen molar-refractivity contribution in [3.05, 3.63) is 35.9 Å². The molecule has 1 saturated heterocycles. The molecule has 0 aliphatic carbocycles. The minimum atomic E-state index is -3.12. The van der Waals surface area contributed by atoms with Crippen LogP contribution in [0.5, 0.6) is 0 Å². The fourth-order valence-electron chi connectivity index (χ4n) is 2.64. The second-order valence-electron chi connectivity index (χ2n) is 5.60. The first kappa shape index (κ1) is 14.5. The number of hydrogen-bond acceptors (Lipinski definition) is 3. The molecule has 0 spiro atoms. The molecule has 2 rings (SSSR count). The van der Waals surface area contributed by atoms with Crippen molar-refractivity contribution in [3.8, 4) is 0 Å². The minimum Gasteiger partial charge on any atom is -0.292 e. The summed E-state index contributed by atoms with van der Waals surface area (Å²) in [6.07, 6.45) is 3.37. The normalized spacial score (nSPS) is 24.7.